The van der Waals surface area contributed by atoms with Crippen molar-refractivity contribution >= 4 is 10.0 Å². The molecule has 2 saturated carbocycles. The summed E-state index contributed by atoms with van der Waals surface area (Å²) < 4.78 is 26.7. The summed E-state index contributed by atoms with van der Waals surface area (Å²) >= 11 is 0. The molecule has 0 atom stereocenters. The molecule has 2 fully saturated rings. The molecule has 0 bridgehead atoms. The van der Waals surface area contributed by atoms with Crippen molar-refractivity contribution in [1.29, 1.82) is 0 Å². The highest BCUT2D eigenvalue weighted by Crippen LogP contribution is 2.35. The summed E-state index contributed by atoms with van der Waals surface area (Å²) in [6.45, 7) is 1.13. The zero-order valence-electron chi connectivity index (χ0n) is 10.7. The second kappa shape index (κ2) is 4.76. The van der Waals surface area contributed by atoms with Crippen LogP contribution in [0.15, 0.2) is 28.2 Å². The summed E-state index contributed by atoms with van der Waals surface area (Å²) in [5.74, 6) is 0.965. The van der Waals surface area contributed by atoms with Crippen molar-refractivity contribution in [3.63, 3.8) is 0 Å². The third-order valence-electron chi connectivity index (χ3n) is 3.72. The van der Waals surface area contributed by atoms with Crippen LogP contribution in [0, 0.1) is 11.8 Å². The van der Waals surface area contributed by atoms with Crippen LogP contribution in [-0.2, 0) is 10.0 Å². The average molecular weight is 282 g/mol. The van der Waals surface area contributed by atoms with Crippen LogP contribution in [0.4, 0.5) is 0 Å². The van der Waals surface area contributed by atoms with Crippen molar-refractivity contribution in [2.24, 2.45) is 11.8 Å². The summed E-state index contributed by atoms with van der Waals surface area (Å²) in [6.07, 6.45) is 7.14. The van der Waals surface area contributed by atoms with E-state index in [1.807, 2.05) is 0 Å². The Kier molecular flexibility index (Phi) is 3.22. The topological polar surface area (TPSA) is 70.2 Å². The van der Waals surface area contributed by atoms with Gasteiger partial charge in [0.15, 0.2) is 0 Å². The molecule has 0 aliphatic heterocycles. The Balaban J connectivity index is 1.89. The summed E-state index contributed by atoms with van der Waals surface area (Å²) in [6, 6.07) is 1.26. The smallest absolute Gasteiger partial charge is 0.248 e. The quantitative estimate of drug-likeness (QED) is 0.852. The van der Waals surface area contributed by atoms with Gasteiger partial charge in [-0.3, -0.25) is 4.79 Å². The molecular weight excluding hydrogens is 264 g/mol. The third kappa shape index (κ3) is 2.90. The number of nitrogens with zero attached hydrogens (tertiary/aromatic N) is 1. The van der Waals surface area contributed by atoms with Crippen LogP contribution in [0.2, 0.25) is 0 Å². The van der Waals surface area contributed by atoms with Gasteiger partial charge in [-0.2, -0.15) is 4.31 Å². The lowest BCUT2D eigenvalue weighted by molar-refractivity contribution is 0.381. The van der Waals surface area contributed by atoms with Crippen LogP contribution in [0.1, 0.15) is 25.7 Å². The molecule has 5 nitrogen and oxygen atoms in total. The van der Waals surface area contributed by atoms with E-state index in [1.165, 1.54) is 22.8 Å². The molecule has 0 aromatic carbocycles. The van der Waals surface area contributed by atoms with E-state index in [2.05, 4.69) is 4.98 Å². The first-order valence-electron chi connectivity index (χ1n) is 6.74. The number of aromatic amines is 1. The van der Waals surface area contributed by atoms with Crippen LogP contribution >= 0.6 is 0 Å². The number of sulfonamides is 1. The summed E-state index contributed by atoms with van der Waals surface area (Å²) in [5, 5.41) is 0. The number of pyridine rings is 1. The monoisotopic (exact) mass is 282 g/mol. The van der Waals surface area contributed by atoms with Crippen LogP contribution in [0.3, 0.4) is 0 Å². The number of hydrogen-bond donors (Lipinski definition) is 1. The molecule has 2 aliphatic carbocycles. The van der Waals surface area contributed by atoms with E-state index in [4.69, 9.17) is 0 Å². The highest BCUT2D eigenvalue weighted by Gasteiger charge is 2.36. The molecule has 104 valence electrons. The number of H-pyrrole nitrogens is 1. The van der Waals surface area contributed by atoms with Gasteiger partial charge in [0.25, 0.3) is 0 Å². The molecule has 0 unspecified atom stereocenters. The highest BCUT2D eigenvalue weighted by atomic mass is 32.2. The Bertz CT molecular complexity index is 601. The predicted octanol–water partition coefficient (Wildman–Crippen LogP) is 1.19. The Morgan fingerprint density at radius 2 is 1.74 bits per heavy atom. The molecular formula is C13H18N2O3S. The molecule has 1 aromatic heterocycles. The van der Waals surface area contributed by atoms with Gasteiger partial charge >= 0.3 is 0 Å². The molecule has 2 aliphatic rings. The molecule has 6 heteroatoms. The molecule has 1 heterocycles. The van der Waals surface area contributed by atoms with Gasteiger partial charge in [0.05, 0.1) is 0 Å². The third-order valence-corrected chi connectivity index (χ3v) is 5.58. The van der Waals surface area contributed by atoms with Crippen LogP contribution < -0.4 is 5.43 Å². The van der Waals surface area contributed by atoms with Gasteiger partial charge in [-0.1, -0.05) is 0 Å². The lowest BCUT2D eigenvalue weighted by Crippen LogP contribution is -2.37. The molecule has 0 spiro atoms. The Morgan fingerprint density at radius 3 is 2.21 bits per heavy atom. The molecule has 1 aromatic rings. The zero-order chi connectivity index (χ0) is 13.5. The maximum Gasteiger partial charge on any atom is 0.248 e. The van der Waals surface area contributed by atoms with Gasteiger partial charge in [0, 0.05) is 31.5 Å². The number of aromatic nitrogens is 1. The fourth-order valence-corrected chi connectivity index (χ4v) is 3.82. The zero-order valence-corrected chi connectivity index (χ0v) is 11.5. The van der Waals surface area contributed by atoms with Gasteiger partial charge in [-0.15, -0.1) is 0 Å². The summed E-state index contributed by atoms with van der Waals surface area (Å²) in [4.78, 5) is 14.3. The van der Waals surface area contributed by atoms with Gasteiger partial charge in [-0.25, -0.2) is 8.42 Å². The van der Waals surface area contributed by atoms with E-state index in [0.29, 0.717) is 24.9 Å². The predicted molar refractivity (Wildman–Crippen MR) is 71.3 cm³/mol. The van der Waals surface area contributed by atoms with Crippen LogP contribution in [0.5, 0.6) is 0 Å². The van der Waals surface area contributed by atoms with Crippen molar-refractivity contribution < 1.29 is 8.42 Å². The number of hydrogen-bond acceptors (Lipinski definition) is 3. The van der Waals surface area contributed by atoms with Crippen LogP contribution in [-0.4, -0.2) is 30.8 Å². The number of nitrogens with one attached hydrogen (secondary N) is 1. The minimum absolute atomic E-state index is 0.128. The van der Waals surface area contributed by atoms with Crippen molar-refractivity contribution in [2.75, 3.05) is 13.1 Å². The van der Waals surface area contributed by atoms with E-state index < -0.39 is 15.5 Å². The molecule has 3 rings (SSSR count). The van der Waals surface area contributed by atoms with Crippen molar-refractivity contribution in [2.45, 2.75) is 30.6 Å². The van der Waals surface area contributed by atoms with E-state index in [0.717, 1.165) is 25.7 Å². The first-order valence-corrected chi connectivity index (χ1v) is 8.18. The SMILES string of the molecule is O=c1cc[nH]cc1S(=O)(=O)N(CC1CC1)CC1CC1. The normalized spacial score (nSPS) is 19.8. The number of rotatable bonds is 6. The van der Waals surface area contributed by atoms with Crippen molar-refractivity contribution in [1.82, 2.24) is 9.29 Å². The minimum Gasteiger partial charge on any atom is -0.366 e. The molecule has 19 heavy (non-hydrogen) atoms. The lowest BCUT2D eigenvalue weighted by atomic mass is 10.4. The average Bonchev–Trinajstić information content (AvgIpc) is 3.23. The first kappa shape index (κ1) is 12.9. The largest absolute Gasteiger partial charge is 0.366 e. The molecule has 0 radical (unpaired) electrons. The van der Waals surface area contributed by atoms with Gasteiger partial charge < -0.3 is 4.98 Å². The van der Waals surface area contributed by atoms with Crippen molar-refractivity contribution in [3.05, 3.63) is 28.7 Å². The summed E-state index contributed by atoms with van der Waals surface area (Å²) in [7, 11) is -3.65. The van der Waals surface area contributed by atoms with Crippen molar-refractivity contribution in [3.8, 4) is 0 Å². The van der Waals surface area contributed by atoms with E-state index in [-0.39, 0.29) is 4.90 Å². The second-order valence-electron chi connectivity index (χ2n) is 5.58. The van der Waals surface area contributed by atoms with Gasteiger partial charge in [-0.05, 0) is 37.5 Å². The molecule has 0 amide bonds. The lowest BCUT2D eigenvalue weighted by Gasteiger charge is -2.21. The molecule has 0 saturated heterocycles. The highest BCUT2D eigenvalue weighted by molar-refractivity contribution is 7.89. The Labute approximate surface area is 112 Å². The van der Waals surface area contributed by atoms with E-state index in [9.17, 15) is 13.2 Å². The maximum absolute atomic E-state index is 12.6. The fraction of sp³-hybridized carbons (Fsp3) is 0.615. The van der Waals surface area contributed by atoms with E-state index in [1.54, 1.807) is 0 Å². The van der Waals surface area contributed by atoms with Gasteiger partial charge in [0.1, 0.15) is 4.90 Å². The minimum atomic E-state index is -3.65. The Morgan fingerprint density at radius 1 is 1.16 bits per heavy atom. The molecule has 1 N–H and O–H groups in total. The summed E-state index contributed by atoms with van der Waals surface area (Å²) in [5.41, 5.74) is -0.435. The van der Waals surface area contributed by atoms with Crippen LogP contribution in [0.25, 0.3) is 0 Å². The second-order valence-corrected chi connectivity index (χ2v) is 7.49. The maximum atomic E-state index is 12.6. The Hall–Kier alpha value is -1.14. The fourth-order valence-electron chi connectivity index (χ4n) is 2.19. The first-order chi connectivity index (χ1) is 9.07. The standard InChI is InChI=1S/C13H18N2O3S/c16-12-5-6-14-7-13(12)19(17,18)15(8-10-1-2-10)9-11-3-4-11/h5-7,10-11H,1-4,8-9H2,(H,14,16). The van der Waals surface area contributed by atoms with Gasteiger partial charge in [0.2, 0.25) is 15.5 Å². The van der Waals surface area contributed by atoms with E-state index >= 15 is 0 Å².